The summed E-state index contributed by atoms with van der Waals surface area (Å²) in [6, 6.07) is 7.10. The minimum Gasteiger partial charge on any atom is -0.309 e. The molecule has 0 aliphatic heterocycles. The van der Waals surface area contributed by atoms with Crippen LogP contribution < -0.4 is 5.32 Å². The van der Waals surface area contributed by atoms with Crippen molar-refractivity contribution in [1.29, 1.82) is 0 Å². The van der Waals surface area contributed by atoms with Crippen molar-refractivity contribution in [3.05, 3.63) is 56.0 Å². The zero-order chi connectivity index (χ0) is 13.3. The first-order valence-electron chi connectivity index (χ1n) is 5.72. The van der Waals surface area contributed by atoms with Gasteiger partial charge in [0.15, 0.2) is 0 Å². The van der Waals surface area contributed by atoms with E-state index in [4.69, 9.17) is 11.6 Å². The second-order valence-corrected chi connectivity index (χ2v) is 5.99. The van der Waals surface area contributed by atoms with Crippen molar-refractivity contribution in [1.82, 2.24) is 5.32 Å². The number of hydrogen-bond donors (Lipinski definition) is 1. The minimum atomic E-state index is -0.380. The molecule has 0 saturated carbocycles. The van der Waals surface area contributed by atoms with Gasteiger partial charge in [-0.05, 0) is 50.2 Å². The predicted molar refractivity (Wildman–Crippen MR) is 76.1 cm³/mol. The molecular formula is C14H15ClFNS. The quantitative estimate of drug-likeness (QED) is 0.876. The fourth-order valence-electron chi connectivity index (χ4n) is 2.09. The average Bonchev–Trinajstić information content (AvgIpc) is 2.64. The van der Waals surface area contributed by atoms with Crippen LogP contribution in [0.5, 0.6) is 0 Å². The molecule has 2 rings (SSSR count). The number of benzene rings is 1. The Labute approximate surface area is 116 Å². The molecule has 1 aromatic heterocycles. The Bertz CT molecular complexity index is 565. The molecule has 0 aliphatic carbocycles. The van der Waals surface area contributed by atoms with E-state index in [2.05, 4.69) is 25.2 Å². The van der Waals surface area contributed by atoms with Crippen LogP contribution >= 0.6 is 22.9 Å². The third-order valence-electron chi connectivity index (χ3n) is 2.91. The molecule has 0 aliphatic rings. The van der Waals surface area contributed by atoms with Crippen LogP contribution in [-0.4, -0.2) is 7.05 Å². The van der Waals surface area contributed by atoms with E-state index in [1.165, 1.54) is 21.4 Å². The summed E-state index contributed by atoms with van der Waals surface area (Å²) in [4.78, 5) is 2.52. The van der Waals surface area contributed by atoms with E-state index in [1.807, 2.05) is 7.05 Å². The lowest BCUT2D eigenvalue weighted by Crippen LogP contribution is -2.17. The van der Waals surface area contributed by atoms with Gasteiger partial charge >= 0.3 is 0 Å². The molecule has 1 N–H and O–H groups in total. The Morgan fingerprint density at radius 3 is 2.50 bits per heavy atom. The van der Waals surface area contributed by atoms with Gasteiger partial charge < -0.3 is 5.32 Å². The molecule has 0 bridgehead atoms. The minimum absolute atomic E-state index is 0.0572. The number of nitrogens with one attached hydrogen (secondary N) is 1. The molecule has 1 aromatic carbocycles. The maximum absolute atomic E-state index is 13.2. The monoisotopic (exact) mass is 283 g/mol. The van der Waals surface area contributed by atoms with Gasteiger partial charge in [-0.1, -0.05) is 17.7 Å². The Hall–Kier alpha value is -0.900. The van der Waals surface area contributed by atoms with Gasteiger partial charge in [0.25, 0.3) is 0 Å². The van der Waals surface area contributed by atoms with Crippen molar-refractivity contribution in [3.8, 4) is 0 Å². The fraction of sp³-hybridized carbons (Fsp3) is 0.286. The highest BCUT2D eigenvalue weighted by molar-refractivity contribution is 7.12. The fourth-order valence-corrected chi connectivity index (χ4v) is 3.45. The largest absolute Gasteiger partial charge is 0.309 e. The van der Waals surface area contributed by atoms with Crippen LogP contribution in [0.1, 0.15) is 26.9 Å². The normalized spacial score (nSPS) is 12.7. The van der Waals surface area contributed by atoms with Crippen LogP contribution in [0.4, 0.5) is 4.39 Å². The third kappa shape index (κ3) is 2.58. The first-order valence-corrected chi connectivity index (χ1v) is 6.91. The van der Waals surface area contributed by atoms with Gasteiger partial charge in [-0.3, -0.25) is 0 Å². The summed E-state index contributed by atoms with van der Waals surface area (Å²) >= 11 is 7.60. The first kappa shape index (κ1) is 13.5. The lowest BCUT2D eigenvalue weighted by molar-refractivity contribution is 0.624. The molecule has 0 spiro atoms. The van der Waals surface area contributed by atoms with E-state index in [0.29, 0.717) is 0 Å². The summed E-state index contributed by atoms with van der Waals surface area (Å²) in [7, 11) is 1.90. The van der Waals surface area contributed by atoms with Gasteiger partial charge in [0.1, 0.15) is 5.82 Å². The molecule has 0 radical (unpaired) electrons. The van der Waals surface area contributed by atoms with Crippen molar-refractivity contribution in [2.45, 2.75) is 19.9 Å². The zero-order valence-electron chi connectivity index (χ0n) is 10.6. The summed E-state index contributed by atoms with van der Waals surface area (Å²) < 4.78 is 13.2. The Balaban J connectivity index is 2.45. The molecule has 0 fully saturated rings. The van der Waals surface area contributed by atoms with Crippen molar-refractivity contribution in [2.24, 2.45) is 0 Å². The SMILES string of the molecule is CNC(c1ccc(F)c(Cl)c1)c1sc(C)cc1C. The molecule has 18 heavy (non-hydrogen) atoms. The van der Waals surface area contributed by atoms with Crippen molar-refractivity contribution in [3.63, 3.8) is 0 Å². The summed E-state index contributed by atoms with van der Waals surface area (Å²) in [5.41, 5.74) is 2.23. The second kappa shape index (κ2) is 5.39. The molecule has 1 nitrogen and oxygen atoms in total. The van der Waals surface area contributed by atoms with Crippen LogP contribution in [-0.2, 0) is 0 Å². The molecule has 0 saturated heterocycles. The standard InChI is InChI=1S/C14H15ClFNS/c1-8-6-9(2)18-14(8)13(17-3)10-4-5-12(16)11(15)7-10/h4-7,13,17H,1-3H3. The summed E-state index contributed by atoms with van der Waals surface area (Å²) in [6.07, 6.45) is 0. The van der Waals surface area contributed by atoms with E-state index in [9.17, 15) is 4.39 Å². The van der Waals surface area contributed by atoms with E-state index < -0.39 is 0 Å². The number of halogens is 2. The van der Waals surface area contributed by atoms with E-state index in [1.54, 1.807) is 23.5 Å². The highest BCUT2D eigenvalue weighted by Gasteiger charge is 2.17. The highest BCUT2D eigenvalue weighted by Crippen LogP contribution is 2.32. The van der Waals surface area contributed by atoms with Crippen LogP contribution in [0.3, 0.4) is 0 Å². The lowest BCUT2D eigenvalue weighted by Gasteiger charge is -2.17. The van der Waals surface area contributed by atoms with Crippen LogP contribution in [0, 0.1) is 19.7 Å². The van der Waals surface area contributed by atoms with Crippen LogP contribution in [0.25, 0.3) is 0 Å². The van der Waals surface area contributed by atoms with E-state index in [0.717, 1.165) is 5.56 Å². The predicted octanol–water partition coefficient (Wildman–Crippen LogP) is 4.47. The van der Waals surface area contributed by atoms with E-state index >= 15 is 0 Å². The molecule has 4 heteroatoms. The molecule has 0 amide bonds. The Kier molecular flexibility index (Phi) is 4.05. The summed E-state index contributed by atoms with van der Waals surface area (Å²) in [5.74, 6) is -0.380. The number of rotatable bonds is 3. The van der Waals surface area contributed by atoms with Crippen LogP contribution in [0.15, 0.2) is 24.3 Å². The van der Waals surface area contributed by atoms with Gasteiger partial charge in [-0.2, -0.15) is 0 Å². The average molecular weight is 284 g/mol. The highest BCUT2D eigenvalue weighted by atomic mass is 35.5. The maximum atomic E-state index is 13.2. The first-order chi connectivity index (χ1) is 8.52. The lowest BCUT2D eigenvalue weighted by atomic mass is 10.0. The Morgan fingerprint density at radius 2 is 2.00 bits per heavy atom. The zero-order valence-corrected chi connectivity index (χ0v) is 12.1. The molecule has 96 valence electrons. The van der Waals surface area contributed by atoms with Gasteiger partial charge in [0.2, 0.25) is 0 Å². The van der Waals surface area contributed by atoms with E-state index in [-0.39, 0.29) is 16.9 Å². The second-order valence-electron chi connectivity index (χ2n) is 4.30. The van der Waals surface area contributed by atoms with Crippen molar-refractivity contribution >= 4 is 22.9 Å². The summed E-state index contributed by atoms with van der Waals surface area (Å²) in [6.45, 7) is 4.18. The molecule has 2 aromatic rings. The molecule has 1 heterocycles. The molecule has 1 unspecified atom stereocenters. The van der Waals surface area contributed by atoms with Crippen LogP contribution in [0.2, 0.25) is 5.02 Å². The summed E-state index contributed by atoms with van der Waals surface area (Å²) in [5, 5.41) is 3.43. The smallest absolute Gasteiger partial charge is 0.141 e. The van der Waals surface area contributed by atoms with Crippen molar-refractivity contribution < 1.29 is 4.39 Å². The maximum Gasteiger partial charge on any atom is 0.141 e. The van der Waals surface area contributed by atoms with Gasteiger partial charge in [0.05, 0.1) is 11.1 Å². The topological polar surface area (TPSA) is 12.0 Å². The van der Waals surface area contributed by atoms with Gasteiger partial charge in [0, 0.05) is 9.75 Å². The number of thiophene rings is 1. The third-order valence-corrected chi connectivity index (χ3v) is 4.41. The molecule has 1 atom stereocenters. The number of hydrogen-bond acceptors (Lipinski definition) is 2. The number of aryl methyl sites for hydroxylation is 2. The van der Waals surface area contributed by atoms with Crippen molar-refractivity contribution in [2.75, 3.05) is 7.05 Å². The van der Waals surface area contributed by atoms with Gasteiger partial charge in [-0.25, -0.2) is 4.39 Å². The molecular weight excluding hydrogens is 269 g/mol. The Morgan fingerprint density at radius 1 is 1.28 bits per heavy atom. The van der Waals surface area contributed by atoms with Gasteiger partial charge in [-0.15, -0.1) is 11.3 Å².